The van der Waals surface area contributed by atoms with Gasteiger partial charge < -0.3 is 5.73 Å². The predicted molar refractivity (Wildman–Crippen MR) is 68.2 cm³/mol. The van der Waals surface area contributed by atoms with Crippen molar-refractivity contribution < 1.29 is 0 Å². The first-order valence-electron chi connectivity index (χ1n) is 6.16. The third kappa shape index (κ3) is 2.45. The number of rotatable bonds is 3. The van der Waals surface area contributed by atoms with Crippen LogP contribution in [0.25, 0.3) is 0 Å². The zero-order valence-electron chi connectivity index (χ0n) is 10.5. The van der Waals surface area contributed by atoms with Gasteiger partial charge in [-0.15, -0.1) is 0 Å². The van der Waals surface area contributed by atoms with Gasteiger partial charge in [-0.25, -0.2) is 0 Å². The number of hydrogen-bond acceptors (Lipinski definition) is 2. The van der Waals surface area contributed by atoms with Crippen LogP contribution in [0.5, 0.6) is 0 Å². The summed E-state index contributed by atoms with van der Waals surface area (Å²) in [4.78, 5) is 2.50. The fraction of sp³-hybridized carbons (Fsp3) is 0.571. The van der Waals surface area contributed by atoms with Gasteiger partial charge in [0.2, 0.25) is 0 Å². The summed E-state index contributed by atoms with van der Waals surface area (Å²) in [5.41, 5.74) is 10.2. The van der Waals surface area contributed by atoms with Gasteiger partial charge in [0, 0.05) is 25.2 Å². The molecule has 0 fully saturated rings. The highest BCUT2D eigenvalue weighted by atomic mass is 15.2. The molecule has 1 aromatic carbocycles. The van der Waals surface area contributed by atoms with Gasteiger partial charge in [-0.05, 0) is 43.9 Å². The van der Waals surface area contributed by atoms with Crippen molar-refractivity contribution in [3.8, 4) is 0 Å². The molecule has 2 nitrogen and oxygen atoms in total. The molecule has 0 aliphatic carbocycles. The SMILES string of the molecule is CC(N)Cc1ccc2c(c1)CN(C(C)C)C2. The molecule has 1 aliphatic heterocycles. The molecule has 0 radical (unpaired) electrons. The summed E-state index contributed by atoms with van der Waals surface area (Å²) in [5.74, 6) is 0. The third-order valence-corrected chi connectivity index (χ3v) is 3.31. The molecule has 2 rings (SSSR count). The van der Waals surface area contributed by atoms with Gasteiger partial charge in [-0.2, -0.15) is 0 Å². The van der Waals surface area contributed by atoms with Gasteiger partial charge in [-0.3, -0.25) is 4.90 Å². The lowest BCUT2D eigenvalue weighted by molar-refractivity contribution is 0.227. The van der Waals surface area contributed by atoms with E-state index >= 15 is 0 Å². The van der Waals surface area contributed by atoms with E-state index in [1.807, 2.05) is 0 Å². The fourth-order valence-electron chi connectivity index (χ4n) is 2.34. The highest BCUT2D eigenvalue weighted by molar-refractivity contribution is 5.35. The van der Waals surface area contributed by atoms with Crippen LogP contribution in [-0.2, 0) is 19.5 Å². The summed E-state index contributed by atoms with van der Waals surface area (Å²) >= 11 is 0. The van der Waals surface area contributed by atoms with E-state index in [0.29, 0.717) is 6.04 Å². The van der Waals surface area contributed by atoms with Gasteiger partial charge in [0.25, 0.3) is 0 Å². The van der Waals surface area contributed by atoms with Crippen molar-refractivity contribution in [1.29, 1.82) is 0 Å². The molecule has 1 aromatic rings. The zero-order valence-corrected chi connectivity index (χ0v) is 10.5. The first-order valence-corrected chi connectivity index (χ1v) is 6.16. The average Bonchev–Trinajstić information content (AvgIpc) is 2.59. The van der Waals surface area contributed by atoms with Crippen molar-refractivity contribution in [3.05, 3.63) is 34.9 Å². The Labute approximate surface area is 98.4 Å². The Kier molecular flexibility index (Phi) is 3.31. The average molecular weight is 218 g/mol. The van der Waals surface area contributed by atoms with Crippen LogP contribution < -0.4 is 5.73 Å². The number of nitrogens with two attached hydrogens (primary N) is 1. The molecule has 1 aliphatic rings. The molecular weight excluding hydrogens is 196 g/mol. The van der Waals surface area contributed by atoms with E-state index in [4.69, 9.17) is 5.73 Å². The second kappa shape index (κ2) is 4.56. The lowest BCUT2D eigenvalue weighted by Gasteiger charge is -2.18. The Morgan fingerprint density at radius 1 is 1.19 bits per heavy atom. The summed E-state index contributed by atoms with van der Waals surface area (Å²) < 4.78 is 0. The van der Waals surface area contributed by atoms with Crippen molar-refractivity contribution in [1.82, 2.24) is 4.90 Å². The molecule has 2 heteroatoms. The van der Waals surface area contributed by atoms with E-state index in [1.165, 1.54) is 16.7 Å². The molecule has 0 saturated heterocycles. The summed E-state index contributed by atoms with van der Waals surface area (Å²) in [5, 5.41) is 0. The monoisotopic (exact) mass is 218 g/mol. The molecule has 2 N–H and O–H groups in total. The molecule has 0 spiro atoms. The van der Waals surface area contributed by atoms with Crippen molar-refractivity contribution >= 4 is 0 Å². The first-order chi connectivity index (χ1) is 7.56. The lowest BCUT2D eigenvalue weighted by Crippen LogP contribution is -2.24. The molecule has 88 valence electrons. The molecule has 1 heterocycles. The minimum atomic E-state index is 0.251. The maximum Gasteiger partial charge on any atom is 0.0243 e. The number of fused-ring (bicyclic) bond motifs is 1. The quantitative estimate of drug-likeness (QED) is 0.843. The normalized spacial score (nSPS) is 17.8. The van der Waals surface area contributed by atoms with Gasteiger partial charge in [-0.1, -0.05) is 18.2 Å². The van der Waals surface area contributed by atoms with Gasteiger partial charge >= 0.3 is 0 Å². The van der Waals surface area contributed by atoms with E-state index in [-0.39, 0.29) is 6.04 Å². The number of hydrogen-bond donors (Lipinski definition) is 1. The zero-order chi connectivity index (χ0) is 11.7. The maximum absolute atomic E-state index is 5.83. The predicted octanol–water partition coefficient (Wildman–Crippen LogP) is 2.30. The van der Waals surface area contributed by atoms with Crippen LogP contribution in [0.4, 0.5) is 0 Å². The smallest absolute Gasteiger partial charge is 0.0243 e. The number of benzene rings is 1. The summed E-state index contributed by atoms with van der Waals surface area (Å²) in [6, 6.07) is 7.72. The highest BCUT2D eigenvalue weighted by Gasteiger charge is 2.20. The van der Waals surface area contributed by atoms with Crippen LogP contribution >= 0.6 is 0 Å². The van der Waals surface area contributed by atoms with Crippen molar-refractivity contribution in [2.45, 2.75) is 52.4 Å². The first kappa shape index (κ1) is 11.6. The van der Waals surface area contributed by atoms with Crippen molar-refractivity contribution in [2.24, 2.45) is 5.73 Å². The fourth-order valence-corrected chi connectivity index (χ4v) is 2.34. The number of nitrogens with zero attached hydrogens (tertiary/aromatic N) is 1. The van der Waals surface area contributed by atoms with E-state index in [2.05, 4.69) is 43.9 Å². The van der Waals surface area contributed by atoms with Crippen LogP contribution in [0.15, 0.2) is 18.2 Å². The van der Waals surface area contributed by atoms with Gasteiger partial charge in [0.1, 0.15) is 0 Å². The second-order valence-corrected chi connectivity index (χ2v) is 5.28. The minimum absolute atomic E-state index is 0.251. The van der Waals surface area contributed by atoms with Crippen LogP contribution in [0.1, 0.15) is 37.5 Å². The highest BCUT2D eigenvalue weighted by Crippen LogP contribution is 2.25. The van der Waals surface area contributed by atoms with E-state index in [0.717, 1.165) is 19.5 Å². The van der Waals surface area contributed by atoms with Gasteiger partial charge in [0.05, 0.1) is 0 Å². The van der Waals surface area contributed by atoms with Crippen LogP contribution in [0.2, 0.25) is 0 Å². The van der Waals surface area contributed by atoms with E-state index in [9.17, 15) is 0 Å². The van der Waals surface area contributed by atoms with Crippen LogP contribution in [0.3, 0.4) is 0 Å². The Hall–Kier alpha value is -0.860. The molecule has 0 amide bonds. The second-order valence-electron chi connectivity index (χ2n) is 5.28. The summed E-state index contributed by atoms with van der Waals surface area (Å²) in [6.45, 7) is 8.78. The van der Waals surface area contributed by atoms with Crippen LogP contribution in [0, 0.1) is 0 Å². The third-order valence-electron chi connectivity index (χ3n) is 3.31. The van der Waals surface area contributed by atoms with Gasteiger partial charge in [0.15, 0.2) is 0 Å². The van der Waals surface area contributed by atoms with Crippen LogP contribution in [-0.4, -0.2) is 17.0 Å². The molecular formula is C14H22N2. The summed E-state index contributed by atoms with van der Waals surface area (Å²) in [6.07, 6.45) is 0.981. The standard InChI is InChI=1S/C14H22N2/c1-10(2)16-8-13-5-4-12(6-11(3)15)7-14(13)9-16/h4-5,7,10-11H,6,8-9,15H2,1-3H3. The van der Waals surface area contributed by atoms with E-state index < -0.39 is 0 Å². The molecule has 16 heavy (non-hydrogen) atoms. The maximum atomic E-state index is 5.83. The molecule has 0 bridgehead atoms. The van der Waals surface area contributed by atoms with Crippen molar-refractivity contribution in [3.63, 3.8) is 0 Å². The molecule has 0 aromatic heterocycles. The topological polar surface area (TPSA) is 29.3 Å². The van der Waals surface area contributed by atoms with Crippen molar-refractivity contribution in [2.75, 3.05) is 0 Å². The largest absolute Gasteiger partial charge is 0.328 e. The lowest BCUT2D eigenvalue weighted by atomic mass is 10.0. The Balaban J connectivity index is 2.14. The Bertz CT molecular complexity index is 369. The van der Waals surface area contributed by atoms with E-state index in [1.54, 1.807) is 0 Å². The Morgan fingerprint density at radius 2 is 1.88 bits per heavy atom. The molecule has 1 unspecified atom stereocenters. The summed E-state index contributed by atoms with van der Waals surface area (Å²) in [7, 11) is 0. The molecule has 1 atom stereocenters. The minimum Gasteiger partial charge on any atom is -0.328 e. The Morgan fingerprint density at radius 3 is 2.50 bits per heavy atom. The molecule has 0 saturated carbocycles.